The summed E-state index contributed by atoms with van der Waals surface area (Å²) in [6.45, 7) is 3.33. The summed E-state index contributed by atoms with van der Waals surface area (Å²) in [5.74, 6) is 1.64. The van der Waals surface area contributed by atoms with Crippen molar-refractivity contribution in [3.63, 3.8) is 0 Å². The summed E-state index contributed by atoms with van der Waals surface area (Å²) in [7, 11) is 0. The minimum Gasteiger partial charge on any atom is -0.483 e. The molecule has 3 rings (SSSR count). The number of para-hydroxylation sites is 1. The molecular formula is C14H16N2O2. The fourth-order valence-electron chi connectivity index (χ4n) is 2.23. The van der Waals surface area contributed by atoms with Crippen molar-refractivity contribution in [1.29, 1.82) is 0 Å². The largest absolute Gasteiger partial charge is 0.483 e. The van der Waals surface area contributed by atoms with E-state index in [1.54, 1.807) is 0 Å². The molecule has 0 fully saturated rings. The summed E-state index contributed by atoms with van der Waals surface area (Å²) in [5, 5.41) is 7.25. The van der Waals surface area contributed by atoms with Crippen LogP contribution in [0.1, 0.15) is 23.4 Å². The van der Waals surface area contributed by atoms with Crippen molar-refractivity contribution in [1.82, 2.24) is 5.16 Å². The van der Waals surface area contributed by atoms with Gasteiger partial charge in [0.15, 0.2) is 5.76 Å². The van der Waals surface area contributed by atoms with Crippen molar-refractivity contribution >= 4 is 5.69 Å². The monoisotopic (exact) mass is 244 g/mol. The fraction of sp³-hybridized carbons (Fsp3) is 0.357. The molecule has 4 nitrogen and oxygen atoms in total. The molecule has 0 radical (unpaired) electrons. The highest BCUT2D eigenvalue weighted by atomic mass is 16.5. The van der Waals surface area contributed by atoms with E-state index < -0.39 is 0 Å². The van der Waals surface area contributed by atoms with E-state index in [2.05, 4.69) is 16.5 Å². The zero-order valence-corrected chi connectivity index (χ0v) is 10.4. The van der Waals surface area contributed by atoms with Crippen LogP contribution in [-0.2, 0) is 13.0 Å². The average Bonchev–Trinajstić information content (AvgIpc) is 2.82. The van der Waals surface area contributed by atoms with E-state index in [0.29, 0.717) is 6.61 Å². The van der Waals surface area contributed by atoms with E-state index in [9.17, 15) is 0 Å². The molecule has 0 saturated carbocycles. The Bertz CT molecular complexity index is 548. The van der Waals surface area contributed by atoms with E-state index in [-0.39, 0.29) is 0 Å². The molecule has 0 saturated heterocycles. The Kier molecular flexibility index (Phi) is 2.92. The topological polar surface area (TPSA) is 47.3 Å². The maximum absolute atomic E-state index is 5.81. The van der Waals surface area contributed by atoms with Crippen LogP contribution >= 0.6 is 0 Å². The number of ether oxygens (including phenoxy) is 1. The molecule has 1 aliphatic heterocycles. The maximum Gasteiger partial charge on any atom is 0.174 e. The molecule has 0 spiro atoms. The fourth-order valence-corrected chi connectivity index (χ4v) is 2.23. The molecule has 0 unspecified atom stereocenters. The summed E-state index contributed by atoms with van der Waals surface area (Å²) >= 11 is 0. The third-order valence-electron chi connectivity index (χ3n) is 3.08. The van der Waals surface area contributed by atoms with Crippen molar-refractivity contribution in [3.05, 3.63) is 41.3 Å². The van der Waals surface area contributed by atoms with Crippen LogP contribution in [0.25, 0.3) is 0 Å². The van der Waals surface area contributed by atoms with Crippen LogP contribution < -0.4 is 10.1 Å². The number of rotatable bonds is 3. The Labute approximate surface area is 106 Å². The quantitative estimate of drug-likeness (QED) is 0.901. The second-order valence-corrected chi connectivity index (χ2v) is 4.54. The van der Waals surface area contributed by atoms with Gasteiger partial charge in [0, 0.05) is 12.6 Å². The van der Waals surface area contributed by atoms with Crippen molar-refractivity contribution in [3.8, 4) is 5.75 Å². The first kappa shape index (κ1) is 11.1. The van der Waals surface area contributed by atoms with E-state index in [4.69, 9.17) is 9.26 Å². The lowest BCUT2D eigenvalue weighted by atomic mass is 10.0. The summed E-state index contributed by atoms with van der Waals surface area (Å²) in [4.78, 5) is 0. The highest BCUT2D eigenvalue weighted by Gasteiger charge is 2.13. The Hall–Kier alpha value is -1.97. The molecule has 2 heterocycles. The Balaban J connectivity index is 1.76. The summed E-state index contributed by atoms with van der Waals surface area (Å²) in [5.41, 5.74) is 3.33. The average molecular weight is 244 g/mol. The van der Waals surface area contributed by atoms with Gasteiger partial charge in [-0.3, -0.25) is 0 Å². The van der Waals surface area contributed by atoms with Gasteiger partial charge in [0.1, 0.15) is 12.4 Å². The first-order valence-electron chi connectivity index (χ1n) is 6.24. The Morgan fingerprint density at radius 1 is 1.44 bits per heavy atom. The predicted octanol–water partition coefficient (Wildman–Crippen LogP) is 2.92. The number of nitrogens with one attached hydrogen (secondary N) is 1. The van der Waals surface area contributed by atoms with Crippen LogP contribution in [0.5, 0.6) is 5.75 Å². The molecule has 0 bridgehead atoms. The highest BCUT2D eigenvalue weighted by molar-refractivity contribution is 5.63. The van der Waals surface area contributed by atoms with Crippen LogP contribution in [-0.4, -0.2) is 11.7 Å². The Morgan fingerprint density at radius 3 is 3.22 bits per heavy atom. The Morgan fingerprint density at radius 2 is 2.39 bits per heavy atom. The van der Waals surface area contributed by atoms with Gasteiger partial charge in [0.05, 0.1) is 11.4 Å². The highest BCUT2D eigenvalue weighted by Crippen LogP contribution is 2.32. The molecule has 1 aromatic carbocycles. The summed E-state index contributed by atoms with van der Waals surface area (Å²) in [6, 6.07) is 8.06. The van der Waals surface area contributed by atoms with Crippen molar-refractivity contribution in [2.24, 2.45) is 0 Å². The summed E-state index contributed by atoms with van der Waals surface area (Å²) < 4.78 is 10.9. The van der Waals surface area contributed by atoms with Crippen molar-refractivity contribution in [2.75, 3.05) is 11.9 Å². The first-order valence-corrected chi connectivity index (χ1v) is 6.24. The zero-order valence-electron chi connectivity index (χ0n) is 10.4. The number of anilines is 1. The van der Waals surface area contributed by atoms with Crippen LogP contribution in [0, 0.1) is 6.92 Å². The minimum absolute atomic E-state index is 0.416. The van der Waals surface area contributed by atoms with Gasteiger partial charge in [0.25, 0.3) is 0 Å². The van der Waals surface area contributed by atoms with Crippen LogP contribution in [0.2, 0.25) is 0 Å². The predicted molar refractivity (Wildman–Crippen MR) is 68.8 cm³/mol. The first-order chi connectivity index (χ1) is 8.83. The van der Waals surface area contributed by atoms with E-state index >= 15 is 0 Å². The van der Waals surface area contributed by atoms with Gasteiger partial charge >= 0.3 is 0 Å². The van der Waals surface area contributed by atoms with Gasteiger partial charge < -0.3 is 14.6 Å². The molecule has 1 N–H and O–H groups in total. The van der Waals surface area contributed by atoms with E-state index in [1.807, 2.05) is 25.1 Å². The summed E-state index contributed by atoms with van der Waals surface area (Å²) in [6.07, 6.45) is 2.29. The van der Waals surface area contributed by atoms with Gasteiger partial charge in [0.2, 0.25) is 0 Å². The standard InChI is InChI=1S/C14H16N2O2/c1-10-8-12(18-16-10)9-17-13-6-2-4-11-5-3-7-15-14(11)13/h2,4,6,8,15H,3,5,7,9H2,1H3. The molecule has 1 aliphatic rings. The van der Waals surface area contributed by atoms with Gasteiger partial charge in [-0.25, -0.2) is 0 Å². The SMILES string of the molecule is Cc1cc(COc2cccc3c2NCCC3)on1. The molecule has 2 aromatic rings. The smallest absolute Gasteiger partial charge is 0.174 e. The lowest BCUT2D eigenvalue weighted by Gasteiger charge is -2.20. The number of aromatic nitrogens is 1. The molecule has 4 heteroatoms. The third-order valence-corrected chi connectivity index (χ3v) is 3.08. The molecule has 18 heavy (non-hydrogen) atoms. The molecule has 0 aliphatic carbocycles. The number of fused-ring (bicyclic) bond motifs is 1. The van der Waals surface area contributed by atoms with Gasteiger partial charge in [-0.15, -0.1) is 0 Å². The minimum atomic E-state index is 0.416. The number of hydrogen-bond donors (Lipinski definition) is 1. The number of nitrogens with zero attached hydrogens (tertiary/aromatic N) is 1. The molecule has 94 valence electrons. The third kappa shape index (κ3) is 2.18. The number of hydrogen-bond acceptors (Lipinski definition) is 4. The van der Waals surface area contributed by atoms with Crippen LogP contribution in [0.4, 0.5) is 5.69 Å². The van der Waals surface area contributed by atoms with Gasteiger partial charge in [-0.05, 0) is 31.4 Å². The maximum atomic E-state index is 5.81. The normalized spacial score (nSPS) is 13.8. The van der Waals surface area contributed by atoms with Crippen LogP contribution in [0.3, 0.4) is 0 Å². The zero-order chi connectivity index (χ0) is 12.4. The molecule has 0 atom stereocenters. The van der Waals surface area contributed by atoms with Crippen molar-refractivity contribution in [2.45, 2.75) is 26.4 Å². The van der Waals surface area contributed by atoms with Crippen molar-refractivity contribution < 1.29 is 9.26 Å². The van der Waals surface area contributed by atoms with Gasteiger partial charge in [-0.2, -0.15) is 0 Å². The number of aryl methyl sites for hydroxylation is 2. The molecular weight excluding hydrogens is 228 g/mol. The van der Waals surface area contributed by atoms with E-state index in [0.717, 1.165) is 35.9 Å². The van der Waals surface area contributed by atoms with E-state index in [1.165, 1.54) is 12.0 Å². The lowest BCUT2D eigenvalue weighted by Crippen LogP contribution is -2.13. The van der Waals surface area contributed by atoms with Gasteiger partial charge in [-0.1, -0.05) is 17.3 Å². The second-order valence-electron chi connectivity index (χ2n) is 4.54. The van der Waals surface area contributed by atoms with Crippen LogP contribution in [0.15, 0.2) is 28.8 Å². The number of benzene rings is 1. The molecule has 0 amide bonds. The lowest BCUT2D eigenvalue weighted by molar-refractivity contribution is 0.249. The second kappa shape index (κ2) is 4.72. The molecule has 1 aromatic heterocycles.